The van der Waals surface area contributed by atoms with E-state index in [2.05, 4.69) is 11.3 Å². The van der Waals surface area contributed by atoms with Crippen LogP contribution >= 0.6 is 0 Å². The highest BCUT2D eigenvalue weighted by molar-refractivity contribution is 5.94. The van der Waals surface area contributed by atoms with Gasteiger partial charge in [-0.15, -0.1) is 0 Å². The maximum atomic E-state index is 12.5. The van der Waals surface area contributed by atoms with Crippen LogP contribution in [0.1, 0.15) is 91.0 Å². The van der Waals surface area contributed by atoms with Crippen LogP contribution in [0.3, 0.4) is 0 Å². The highest BCUT2D eigenvalue weighted by Crippen LogP contribution is 2.25. The summed E-state index contributed by atoms with van der Waals surface area (Å²) in [6, 6.07) is 10.3. The first kappa shape index (κ1) is 33.8. The number of phenols is 1. The summed E-state index contributed by atoms with van der Waals surface area (Å²) in [5.41, 5.74) is 1.30. The lowest BCUT2D eigenvalue weighted by atomic mass is 10.1. The van der Waals surface area contributed by atoms with Gasteiger partial charge in [-0.3, -0.25) is 0 Å². The van der Waals surface area contributed by atoms with Crippen LogP contribution in [-0.2, 0) is 23.8 Å². The Morgan fingerprint density at radius 1 is 0.786 bits per heavy atom. The molecule has 0 bridgehead atoms. The lowest BCUT2D eigenvalue weighted by Crippen LogP contribution is -2.10. The number of carbonyl (C=O) groups excluding carboxylic acids is 4. The third-order valence-corrected chi connectivity index (χ3v) is 6.26. The third-order valence-electron chi connectivity index (χ3n) is 6.26. The molecule has 226 valence electrons. The number of benzene rings is 2. The highest BCUT2D eigenvalue weighted by Gasteiger charge is 2.16. The van der Waals surface area contributed by atoms with Crippen molar-refractivity contribution in [1.29, 1.82) is 0 Å². The molecule has 2 aromatic carbocycles. The molecular formula is C33H40O9. The van der Waals surface area contributed by atoms with E-state index in [1.54, 1.807) is 37.3 Å². The first-order valence-corrected chi connectivity index (χ1v) is 14.1. The second kappa shape index (κ2) is 18.9. The van der Waals surface area contributed by atoms with Crippen molar-refractivity contribution in [2.45, 2.75) is 64.7 Å². The zero-order valence-corrected chi connectivity index (χ0v) is 24.4. The Hall–Kier alpha value is -4.40. The largest absolute Gasteiger partial charge is 0.507 e. The summed E-state index contributed by atoms with van der Waals surface area (Å²) in [6.45, 7) is 5.85. The van der Waals surface area contributed by atoms with Gasteiger partial charge in [-0.2, -0.15) is 0 Å². The van der Waals surface area contributed by atoms with Crippen molar-refractivity contribution in [1.82, 2.24) is 0 Å². The molecule has 0 aliphatic carbocycles. The van der Waals surface area contributed by atoms with Gasteiger partial charge in [0.1, 0.15) is 17.1 Å². The summed E-state index contributed by atoms with van der Waals surface area (Å²) in [5.74, 6) is -2.34. The van der Waals surface area contributed by atoms with Crippen LogP contribution in [0.2, 0.25) is 0 Å². The van der Waals surface area contributed by atoms with Gasteiger partial charge >= 0.3 is 23.9 Å². The summed E-state index contributed by atoms with van der Waals surface area (Å²) in [6.07, 6.45) is 11.8. The molecule has 42 heavy (non-hydrogen) atoms. The summed E-state index contributed by atoms with van der Waals surface area (Å²) >= 11 is 0. The maximum Gasteiger partial charge on any atom is 0.343 e. The molecule has 2 aromatic rings. The van der Waals surface area contributed by atoms with E-state index in [0.717, 1.165) is 51.4 Å². The highest BCUT2D eigenvalue weighted by atomic mass is 16.5. The number of carbonyl (C=O) groups is 4. The van der Waals surface area contributed by atoms with Gasteiger partial charge in [0.2, 0.25) is 0 Å². The summed E-state index contributed by atoms with van der Waals surface area (Å²) < 4.78 is 20.3. The van der Waals surface area contributed by atoms with Gasteiger partial charge < -0.3 is 24.1 Å². The van der Waals surface area contributed by atoms with Crippen LogP contribution in [0.5, 0.6) is 11.5 Å². The molecule has 1 N–H and O–H groups in total. The minimum Gasteiger partial charge on any atom is -0.507 e. The van der Waals surface area contributed by atoms with Gasteiger partial charge in [0.15, 0.2) is 0 Å². The van der Waals surface area contributed by atoms with E-state index in [9.17, 15) is 24.3 Å². The molecule has 2 rings (SSSR count). The van der Waals surface area contributed by atoms with Crippen molar-refractivity contribution in [3.8, 4) is 11.5 Å². The molecule has 0 heterocycles. The molecule has 9 heteroatoms. The molecule has 0 saturated carbocycles. The first-order chi connectivity index (χ1) is 20.2. The first-order valence-electron chi connectivity index (χ1n) is 14.1. The van der Waals surface area contributed by atoms with Crippen LogP contribution in [0.4, 0.5) is 0 Å². The smallest absolute Gasteiger partial charge is 0.343 e. The Bertz CT molecular complexity index is 1230. The predicted octanol–water partition coefficient (Wildman–Crippen LogP) is 6.58. The minimum absolute atomic E-state index is 0.0852. The molecule has 0 saturated heterocycles. The number of aromatic hydroxyl groups is 1. The Morgan fingerprint density at radius 2 is 1.36 bits per heavy atom. The number of hydrogen-bond donors (Lipinski definition) is 1. The Morgan fingerprint density at radius 3 is 1.93 bits per heavy atom. The molecule has 0 atom stereocenters. The van der Waals surface area contributed by atoms with Crippen molar-refractivity contribution in [3.05, 3.63) is 77.4 Å². The van der Waals surface area contributed by atoms with Gasteiger partial charge in [0.05, 0.1) is 25.9 Å². The lowest BCUT2D eigenvalue weighted by Gasteiger charge is -2.09. The zero-order valence-electron chi connectivity index (χ0n) is 24.4. The van der Waals surface area contributed by atoms with E-state index in [4.69, 9.17) is 14.2 Å². The van der Waals surface area contributed by atoms with Crippen LogP contribution in [0, 0.1) is 0 Å². The SMILES string of the molecule is C=C(C)C(=O)OCCCCCCCCCCCOC(=O)c1cc(OC(=O)c2ccc(C=CC(=O)OC)cc2)ccc1O. The van der Waals surface area contributed by atoms with Gasteiger partial charge in [-0.1, -0.05) is 63.7 Å². The Kier molecular flexibility index (Phi) is 15.2. The molecule has 0 amide bonds. The number of hydrogen-bond acceptors (Lipinski definition) is 9. The quantitative estimate of drug-likeness (QED) is 0.0684. The minimum atomic E-state index is -0.693. The average molecular weight is 581 g/mol. The maximum absolute atomic E-state index is 12.5. The van der Waals surface area contributed by atoms with Crippen LogP contribution in [-0.4, -0.2) is 49.3 Å². The summed E-state index contributed by atoms with van der Waals surface area (Å²) in [5, 5.41) is 10.1. The fraction of sp³-hybridized carbons (Fsp3) is 0.394. The van der Waals surface area contributed by atoms with Crippen LogP contribution in [0.15, 0.2) is 60.7 Å². The van der Waals surface area contributed by atoms with Crippen molar-refractivity contribution in [2.24, 2.45) is 0 Å². The van der Waals surface area contributed by atoms with E-state index in [0.29, 0.717) is 24.2 Å². The van der Waals surface area contributed by atoms with Gasteiger partial charge in [0.25, 0.3) is 0 Å². The number of phenolic OH excluding ortho intramolecular Hbond substituents is 1. The zero-order chi connectivity index (χ0) is 30.7. The predicted molar refractivity (Wildman–Crippen MR) is 158 cm³/mol. The molecule has 0 spiro atoms. The van der Waals surface area contributed by atoms with Crippen molar-refractivity contribution < 1.29 is 43.2 Å². The Balaban J connectivity index is 1.65. The summed E-state index contributed by atoms with van der Waals surface area (Å²) in [4.78, 5) is 47.5. The van der Waals surface area contributed by atoms with Gasteiger partial charge in [-0.25, -0.2) is 19.2 Å². The van der Waals surface area contributed by atoms with E-state index in [-0.39, 0.29) is 35.2 Å². The lowest BCUT2D eigenvalue weighted by molar-refractivity contribution is -0.139. The number of rotatable bonds is 18. The van der Waals surface area contributed by atoms with E-state index < -0.39 is 17.9 Å². The molecule has 0 unspecified atom stereocenters. The third kappa shape index (κ3) is 12.8. The van der Waals surface area contributed by atoms with Gasteiger partial charge in [0, 0.05) is 11.6 Å². The molecule has 0 radical (unpaired) electrons. The standard InChI is InChI=1S/C33H40O9/c1-24(2)31(36)40-21-11-9-7-5-4-6-8-10-12-22-41-33(38)28-23-27(18-19-29(28)34)42-32(37)26-16-13-25(14-17-26)15-20-30(35)39-3/h13-20,23,34H,1,4-12,21-22H2,2-3H3. The molecule has 9 nitrogen and oxygen atoms in total. The van der Waals surface area contributed by atoms with Crippen molar-refractivity contribution in [3.63, 3.8) is 0 Å². The number of unbranched alkanes of at least 4 members (excludes halogenated alkanes) is 8. The number of ether oxygens (including phenoxy) is 4. The topological polar surface area (TPSA) is 125 Å². The number of methoxy groups -OCH3 is 1. The average Bonchev–Trinajstić information content (AvgIpc) is 2.98. The van der Waals surface area contributed by atoms with E-state index in [1.165, 1.54) is 31.4 Å². The van der Waals surface area contributed by atoms with Gasteiger partial charge in [-0.05, 0) is 61.7 Å². The second-order valence-corrected chi connectivity index (χ2v) is 9.78. The molecule has 0 aromatic heterocycles. The molecule has 0 aliphatic heterocycles. The Labute approximate surface area is 247 Å². The second-order valence-electron chi connectivity index (χ2n) is 9.78. The fourth-order valence-corrected chi connectivity index (χ4v) is 3.84. The fourth-order valence-electron chi connectivity index (χ4n) is 3.84. The van der Waals surface area contributed by atoms with E-state index >= 15 is 0 Å². The van der Waals surface area contributed by atoms with Crippen LogP contribution < -0.4 is 4.74 Å². The van der Waals surface area contributed by atoms with E-state index in [1.807, 2.05) is 0 Å². The number of esters is 4. The summed E-state index contributed by atoms with van der Waals surface area (Å²) in [7, 11) is 1.28. The van der Waals surface area contributed by atoms with Crippen LogP contribution in [0.25, 0.3) is 6.08 Å². The molecule has 0 fully saturated rings. The van der Waals surface area contributed by atoms with Crippen molar-refractivity contribution in [2.75, 3.05) is 20.3 Å². The monoisotopic (exact) mass is 580 g/mol. The van der Waals surface area contributed by atoms with Crippen molar-refractivity contribution >= 4 is 30.0 Å². The molecule has 0 aliphatic rings. The molecular weight excluding hydrogens is 540 g/mol. The normalized spacial score (nSPS) is 10.7.